The van der Waals surface area contributed by atoms with Crippen molar-refractivity contribution in [2.45, 2.75) is 66.7 Å². The zero-order valence-corrected chi connectivity index (χ0v) is 28.7. The minimum absolute atomic E-state index is 0. The number of hydrogen-bond donors (Lipinski definition) is 0. The molecule has 0 aromatic heterocycles. The molecule has 37 heavy (non-hydrogen) atoms. The second-order valence-electron chi connectivity index (χ2n) is 11.0. The Hall–Kier alpha value is -0.186. The molecule has 4 rings (SSSR count). The van der Waals surface area contributed by atoms with Crippen molar-refractivity contribution in [3.8, 4) is 0 Å². The topological polar surface area (TPSA) is 0 Å². The summed E-state index contributed by atoms with van der Waals surface area (Å²) in [4.78, 5) is 0. The van der Waals surface area contributed by atoms with Gasteiger partial charge in [0.2, 0.25) is 0 Å². The van der Waals surface area contributed by atoms with Crippen LogP contribution in [-0.4, -0.2) is 23.6 Å². The van der Waals surface area contributed by atoms with Crippen molar-refractivity contribution in [2.24, 2.45) is 11.8 Å². The van der Waals surface area contributed by atoms with E-state index in [1.807, 2.05) is 0 Å². The molecule has 0 fully saturated rings. The number of halogens is 2. The maximum Gasteiger partial charge on any atom is 4.00 e. The smallest absolute Gasteiger partial charge is 1.00 e. The Kier molecular flexibility index (Phi) is 17.4. The van der Waals surface area contributed by atoms with E-state index in [1.54, 1.807) is 10.6 Å². The fourth-order valence-electron chi connectivity index (χ4n) is 4.96. The Labute approximate surface area is 256 Å². The van der Waals surface area contributed by atoms with Gasteiger partial charge in [-0.2, -0.15) is 12.1 Å². The third kappa shape index (κ3) is 10.7. The number of benzene rings is 2. The summed E-state index contributed by atoms with van der Waals surface area (Å²) in [7, 11) is -0.00206. The first kappa shape index (κ1) is 36.8. The van der Waals surface area contributed by atoms with Gasteiger partial charge < -0.3 is 24.8 Å². The zero-order chi connectivity index (χ0) is 24.8. The molecule has 5 heteroatoms. The van der Waals surface area contributed by atoms with E-state index >= 15 is 0 Å². The molecule has 0 heterocycles. The molecule has 0 atom stereocenters. The molecule has 0 nitrogen and oxygen atoms in total. The normalized spacial score (nSPS) is 11.2. The first-order valence-corrected chi connectivity index (χ1v) is 16.2. The molecule has 0 aliphatic heterocycles. The van der Waals surface area contributed by atoms with Crippen LogP contribution in [0.5, 0.6) is 0 Å². The molecular formula is C32H44Cl2P2Ti. The molecule has 4 aromatic carbocycles. The van der Waals surface area contributed by atoms with Crippen LogP contribution in [0.4, 0.5) is 0 Å². The van der Waals surface area contributed by atoms with Crippen molar-refractivity contribution in [2.75, 3.05) is 12.3 Å². The summed E-state index contributed by atoms with van der Waals surface area (Å²) in [5, 5.41) is 8.78. The fourth-order valence-corrected chi connectivity index (χ4v) is 10.9. The monoisotopic (exact) mass is 608 g/mol. The van der Waals surface area contributed by atoms with Crippen LogP contribution in [0.1, 0.15) is 55.4 Å². The van der Waals surface area contributed by atoms with Crippen molar-refractivity contribution >= 4 is 48.0 Å². The van der Waals surface area contributed by atoms with Gasteiger partial charge in [0.1, 0.15) is 0 Å². The molecule has 0 aliphatic carbocycles. The minimum atomic E-state index is -0.0206. The maximum atomic E-state index is 2.42. The molecule has 0 bridgehead atoms. The summed E-state index contributed by atoms with van der Waals surface area (Å²) in [6, 6.07) is 27.0. The molecule has 0 unspecified atom stereocenters. The number of hydrogen-bond acceptors (Lipinski definition) is 0. The molecule has 0 N–H and O–H groups in total. The van der Waals surface area contributed by atoms with E-state index < -0.39 is 0 Å². The number of rotatable bonds is 8. The standard InChI is InChI=1S/C17H24P.C15H20P.2ClH.Ti/c1-13(2)11-18(12-14(3)4)17-9-15-7-5-6-8-16(15)10-17;1-11(2)16(12(3)4)15-9-13-7-5-6-8-14(13)10-15;;;/h5-10,13-14H,11-12H2,1-4H3;5-12H,1-4H3;2*1H;/q2*-1;;;+4/p-2. The van der Waals surface area contributed by atoms with Crippen LogP contribution in [0, 0.1) is 11.8 Å². The predicted molar refractivity (Wildman–Crippen MR) is 162 cm³/mol. The first-order chi connectivity index (χ1) is 16.2. The first-order valence-electron chi connectivity index (χ1n) is 13.0. The van der Waals surface area contributed by atoms with E-state index in [-0.39, 0.29) is 62.4 Å². The quantitative estimate of drug-likeness (QED) is 0.163. The fraction of sp³-hybridized carbons (Fsp3) is 0.438. The van der Waals surface area contributed by atoms with Crippen LogP contribution in [0.15, 0.2) is 72.8 Å². The molecule has 0 saturated heterocycles. The zero-order valence-electron chi connectivity index (χ0n) is 23.8. The molecule has 4 aromatic rings. The van der Waals surface area contributed by atoms with E-state index in [9.17, 15) is 0 Å². The van der Waals surface area contributed by atoms with Gasteiger partial charge in [-0.3, -0.25) is 0 Å². The minimum Gasteiger partial charge on any atom is -1.00 e. The van der Waals surface area contributed by atoms with Crippen LogP contribution < -0.4 is 35.4 Å². The van der Waals surface area contributed by atoms with Crippen LogP contribution in [-0.2, 0) is 21.7 Å². The Bertz CT molecular complexity index is 1080. The second-order valence-corrected chi connectivity index (χ2v) is 16.7. The Morgan fingerprint density at radius 3 is 1.35 bits per heavy atom. The van der Waals surface area contributed by atoms with Crippen molar-refractivity contribution in [1.29, 1.82) is 0 Å². The average molecular weight is 609 g/mol. The maximum absolute atomic E-state index is 2.42. The van der Waals surface area contributed by atoms with E-state index in [0.29, 0.717) is 0 Å². The van der Waals surface area contributed by atoms with Gasteiger partial charge in [0.05, 0.1) is 0 Å². The molecule has 0 radical (unpaired) electrons. The summed E-state index contributed by atoms with van der Waals surface area (Å²) in [5.74, 6) is 1.60. The van der Waals surface area contributed by atoms with E-state index in [0.717, 1.165) is 23.2 Å². The molecule has 0 aliphatic rings. The summed E-state index contributed by atoms with van der Waals surface area (Å²) < 4.78 is 0. The third-order valence-corrected chi connectivity index (χ3v) is 12.6. The van der Waals surface area contributed by atoms with Crippen LogP contribution in [0.25, 0.3) is 21.5 Å². The van der Waals surface area contributed by atoms with Crippen molar-refractivity contribution in [3.63, 3.8) is 0 Å². The van der Waals surface area contributed by atoms with Gasteiger partial charge in [-0.15, -0.1) is 80.7 Å². The van der Waals surface area contributed by atoms with Crippen molar-refractivity contribution < 1.29 is 46.5 Å². The molecular weight excluding hydrogens is 565 g/mol. The van der Waals surface area contributed by atoms with E-state index in [4.69, 9.17) is 0 Å². The van der Waals surface area contributed by atoms with E-state index in [2.05, 4.69) is 128 Å². The summed E-state index contributed by atoms with van der Waals surface area (Å²) >= 11 is 0. The van der Waals surface area contributed by atoms with Gasteiger partial charge >= 0.3 is 21.7 Å². The molecule has 0 amide bonds. The van der Waals surface area contributed by atoms with Crippen molar-refractivity contribution in [1.82, 2.24) is 0 Å². The van der Waals surface area contributed by atoms with Crippen LogP contribution in [0.2, 0.25) is 0 Å². The Morgan fingerprint density at radius 1 is 0.595 bits per heavy atom. The predicted octanol–water partition coefficient (Wildman–Crippen LogP) is 3.47. The molecule has 0 saturated carbocycles. The average Bonchev–Trinajstić information content (AvgIpc) is 3.36. The number of fused-ring (bicyclic) bond motifs is 2. The summed E-state index contributed by atoms with van der Waals surface area (Å²) in [6.07, 6.45) is 2.73. The summed E-state index contributed by atoms with van der Waals surface area (Å²) in [5.41, 5.74) is 1.54. The van der Waals surface area contributed by atoms with Gasteiger partial charge in [-0.25, -0.2) is 0 Å². The van der Waals surface area contributed by atoms with Gasteiger partial charge in [0.15, 0.2) is 0 Å². The Balaban J connectivity index is 0.000000651. The van der Waals surface area contributed by atoms with Crippen LogP contribution in [0.3, 0.4) is 0 Å². The third-order valence-electron chi connectivity index (χ3n) is 6.15. The van der Waals surface area contributed by atoms with Gasteiger partial charge in [-0.05, 0) is 35.5 Å². The van der Waals surface area contributed by atoms with Gasteiger partial charge in [0, 0.05) is 0 Å². The molecule has 200 valence electrons. The largest absolute Gasteiger partial charge is 4.00 e. The van der Waals surface area contributed by atoms with E-state index in [1.165, 1.54) is 33.9 Å². The second kappa shape index (κ2) is 17.5. The summed E-state index contributed by atoms with van der Waals surface area (Å²) in [6.45, 7) is 18.8. The van der Waals surface area contributed by atoms with Crippen molar-refractivity contribution in [3.05, 3.63) is 72.8 Å². The Morgan fingerprint density at radius 2 is 0.973 bits per heavy atom. The SMILES string of the molecule is CC(C)CP(CC(C)C)c1cc2ccccc2[cH-]1.CC(C)P(c1cc2ccccc2[cH-]1)C(C)C.[Cl-].[Cl-].[Ti+4]. The van der Waals surface area contributed by atoms with Gasteiger partial charge in [0.25, 0.3) is 0 Å². The van der Waals surface area contributed by atoms with Crippen LogP contribution >= 0.6 is 15.8 Å². The van der Waals surface area contributed by atoms with Gasteiger partial charge in [-0.1, -0.05) is 83.4 Å². The molecule has 0 spiro atoms.